The Balaban J connectivity index is 0. The third kappa shape index (κ3) is 8.22. The molecule has 1 unspecified atom stereocenters. The maximum absolute atomic E-state index is 3.70. The minimum absolute atomic E-state index is 0. The van der Waals surface area contributed by atoms with Crippen molar-refractivity contribution < 1.29 is 0 Å². The molecule has 4 heteroatoms. The van der Waals surface area contributed by atoms with E-state index < -0.39 is 0 Å². The lowest BCUT2D eigenvalue weighted by molar-refractivity contribution is 0.524. The first-order chi connectivity index (χ1) is 5.20. The van der Waals surface area contributed by atoms with Gasteiger partial charge >= 0.3 is 0 Å². The van der Waals surface area contributed by atoms with Crippen LogP contribution in [-0.4, -0.2) is 36.5 Å². The first-order valence-corrected chi connectivity index (χ1v) is 4.50. The van der Waals surface area contributed by atoms with Gasteiger partial charge in [-0.1, -0.05) is 12.2 Å². The lowest BCUT2D eigenvalue weighted by atomic mass is 10.5. The third-order valence-corrected chi connectivity index (χ3v) is 2.09. The van der Waals surface area contributed by atoms with Crippen LogP contribution in [0.1, 0.15) is 0 Å². The highest BCUT2D eigenvalue weighted by Crippen LogP contribution is 2.18. The highest BCUT2D eigenvalue weighted by Gasteiger charge is 2.00. The van der Waals surface area contributed by atoms with Crippen molar-refractivity contribution in [3.05, 3.63) is 25.3 Å². The van der Waals surface area contributed by atoms with Crippen LogP contribution in [0.4, 0.5) is 0 Å². The minimum Gasteiger partial charge on any atom is -0.279 e. The van der Waals surface area contributed by atoms with Gasteiger partial charge in [0, 0.05) is 22.0 Å². The average Bonchev–Trinajstić information content (AvgIpc) is 1.87. The molecule has 0 bridgehead atoms. The first-order valence-electron chi connectivity index (χ1n) is 3.61. The Morgan fingerprint density at radius 2 is 1.58 bits per heavy atom. The van der Waals surface area contributed by atoms with Crippen LogP contribution in [0.25, 0.3) is 0 Å². The smallest absolute Gasteiger partial charge is 0.0240 e. The van der Waals surface area contributed by atoms with Crippen LogP contribution in [0.5, 0.6) is 0 Å². The van der Waals surface area contributed by atoms with E-state index in [9.17, 15) is 0 Å². The zero-order chi connectivity index (χ0) is 8.69. The summed E-state index contributed by atoms with van der Waals surface area (Å²) < 4.78 is 4.44. The summed E-state index contributed by atoms with van der Waals surface area (Å²) in [5.74, 6) is 0. The maximum atomic E-state index is 3.70. The molecule has 0 saturated heterocycles. The summed E-state index contributed by atoms with van der Waals surface area (Å²) in [5.41, 5.74) is 0. The monoisotopic (exact) mass is 208 g/mol. The second kappa shape index (κ2) is 9.21. The van der Waals surface area contributed by atoms with Crippen molar-refractivity contribution in [2.45, 2.75) is 0 Å². The lowest BCUT2D eigenvalue weighted by Crippen LogP contribution is -2.18. The summed E-state index contributed by atoms with van der Waals surface area (Å²) in [6, 6.07) is 0. The SMILES string of the molecule is C=CCN(CC=C)PN(C)C.Cl. The standard InChI is InChI=1S/C8H17N2P.ClH/c1-5-7-10(8-6-2)11-9(3)4;/h5-6,11H,1-2,7-8H2,3-4H3;1H. The molecule has 0 radical (unpaired) electrons. The molecule has 0 aliphatic carbocycles. The number of rotatable bonds is 6. The summed E-state index contributed by atoms with van der Waals surface area (Å²) in [6.45, 7) is 9.27. The highest BCUT2D eigenvalue weighted by atomic mass is 35.5. The molecule has 0 heterocycles. The molecule has 0 aliphatic heterocycles. The molecule has 1 atom stereocenters. The van der Waals surface area contributed by atoms with Gasteiger partial charge in [-0.05, 0) is 14.1 Å². The van der Waals surface area contributed by atoms with Gasteiger partial charge in [-0.2, -0.15) is 0 Å². The van der Waals surface area contributed by atoms with Crippen molar-refractivity contribution in [1.82, 2.24) is 9.34 Å². The topological polar surface area (TPSA) is 6.48 Å². The van der Waals surface area contributed by atoms with Gasteiger partial charge in [-0.25, -0.2) is 0 Å². The normalized spacial score (nSPS) is 10.7. The molecule has 72 valence electrons. The van der Waals surface area contributed by atoms with E-state index in [4.69, 9.17) is 0 Å². The molecule has 2 nitrogen and oxygen atoms in total. The number of halogens is 1. The average molecular weight is 209 g/mol. The van der Waals surface area contributed by atoms with Crippen LogP contribution in [0.3, 0.4) is 0 Å². The van der Waals surface area contributed by atoms with E-state index >= 15 is 0 Å². The summed E-state index contributed by atoms with van der Waals surface area (Å²) in [5, 5.41) is 0. The largest absolute Gasteiger partial charge is 0.279 e. The Labute approximate surface area is 83.6 Å². The molecule has 0 N–H and O–H groups in total. The summed E-state index contributed by atoms with van der Waals surface area (Å²) in [7, 11) is 4.85. The van der Waals surface area contributed by atoms with E-state index in [0.29, 0.717) is 0 Å². The van der Waals surface area contributed by atoms with Gasteiger partial charge in [0.2, 0.25) is 0 Å². The third-order valence-electron chi connectivity index (χ3n) is 1.04. The molecule has 0 rings (SSSR count). The molecular weight excluding hydrogens is 191 g/mol. The zero-order valence-electron chi connectivity index (χ0n) is 7.79. The van der Waals surface area contributed by atoms with Crippen molar-refractivity contribution in [2.24, 2.45) is 0 Å². The fourth-order valence-corrected chi connectivity index (χ4v) is 1.74. The fraction of sp³-hybridized carbons (Fsp3) is 0.500. The number of hydrogen-bond donors (Lipinski definition) is 0. The summed E-state index contributed by atoms with van der Waals surface area (Å²) >= 11 is 0. The van der Waals surface area contributed by atoms with Crippen LogP contribution in [0, 0.1) is 0 Å². The maximum Gasteiger partial charge on any atom is 0.0240 e. The summed E-state index contributed by atoms with van der Waals surface area (Å²) in [6.07, 6.45) is 3.83. The van der Waals surface area contributed by atoms with Gasteiger partial charge in [0.1, 0.15) is 0 Å². The molecule has 0 saturated carbocycles. The van der Waals surface area contributed by atoms with Gasteiger partial charge in [0.25, 0.3) is 0 Å². The predicted molar refractivity (Wildman–Crippen MR) is 61.2 cm³/mol. The number of hydrogen-bond acceptors (Lipinski definition) is 2. The van der Waals surface area contributed by atoms with Crippen LogP contribution >= 0.6 is 21.3 Å². The van der Waals surface area contributed by atoms with E-state index in [1.807, 2.05) is 12.2 Å². The van der Waals surface area contributed by atoms with Crippen molar-refractivity contribution in [1.29, 1.82) is 0 Å². The van der Waals surface area contributed by atoms with Gasteiger partial charge in [0.15, 0.2) is 0 Å². The Hall–Kier alpha value is 0.120. The van der Waals surface area contributed by atoms with E-state index in [0.717, 1.165) is 22.0 Å². The Bertz CT molecular complexity index is 118. The number of nitrogens with zero attached hydrogens (tertiary/aromatic N) is 2. The Kier molecular flexibility index (Phi) is 11.2. The highest BCUT2D eigenvalue weighted by molar-refractivity contribution is 7.32. The first kappa shape index (κ1) is 14.6. The van der Waals surface area contributed by atoms with Crippen LogP contribution < -0.4 is 0 Å². The molecule has 0 aliphatic rings. The molecule has 0 aromatic heterocycles. The second-order valence-electron chi connectivity index (χ2n) is 2.48. The van der Waals surface area contributed by atoms with E-state index in [-0.39, 0.29) is 12.4 Å². The Morgan fingerprint density at radius 1 is 1.17 bits per heavy atom. The molecular formula is C8H18ClN2P. The van der Waals surface area contributed by atoms with Gasteiger partial charge in [0.05, 0.1) is 0 Å². The van der Waals surface area contributed by atoms with Crippen molar-refractivity contribution >= 4 is 21.3 Å². The van der Waals surface area contributed by atoms with Crippen molar-refractivity contribution in [3.63, 3.8) is 0 Å². The second-order valence-corrected chi connectivity index (χ2v) is 4.20. The minimum atomic E-state index is 0. The quantitative estimate of drug-likeness (QED) is 0.488. The van der Waals surface area contributed by atoms with E-state index in [1.165, 1.54) is 0 Å². The molecule has 0 spiro atoms. The lowest BCUT2D eigenvalue weighted by Gasteiger charge is -2.22. The molecule has 0 aromatic carbocycles. The zero-order valence-corrected chi connectivity index (χ0v) is 9.60. The van der Waals surface area contributed by atoms with Crippen LogP contribution in [-0.2, 0) is 0 Å². The van der Waals surface area contributed by atoms with Crippen LogP contribution in [0.2, 0.25) is 0 Å². The van der Waals surface area contributed by atoms with Crippen molar-refractivity contribution in [3.8, 4) is 0 Å². The van der Waals surface area contributed by atoms with E-state index in [1.54, 1.807) is 0 Å². The van der Waals surface area contributed by atoms with Crippen LogP contribution in [0.15, 0.2) is 25.3 Å². The van der Waals surface area contributed by atoms with Gasteiger partial charge < -0.3 is 0 Å². The van der Waals surface area contributed by atoms with Crippen molar-refractivity contribution in [2.75, 3.05) is 27.2 Å². The molecule has 0 fully saturated rings. The summed E-state index contributed by atoms with van der Waals surface area (Å²) in [4.78, 5) is 0. The molecule has 12 heavy (non-hydrogen) atoms. The molecule has 0 amide bonds. The van der Waals surface area contributed by atoms with Gasteiger partial charge in [-0.15, -0.1) is 25.6 Å². The fourth-order valence-electron chi connectivity index (χ4n) is 0.751. The molecule has 0 aromatic rings. The van der Waals surface area contributed by atoms with E-state index in [2.05, 4.69) is 36.6 Å². The predicted octanol–water partition coefficient (Wildman–Crippen LogP) is 2.15. The van der Waals surface area contributed by atoms with Gasteiger partial charge in [-0.3, -0.25) is 9.34 Å². The Morgan fingerprint density at radius 3 is 1.83 bits per heavy atom.